The van der Waals surface area contributed by atoms with E-state index in [1.54, 1.807) is 0 Å². The van der Waals surface area contributed by atoms with E-state index in [-0.39, 0.29) is 18.8 Å². The van der Waals surface area contributed by atoms with Crippen LogP contribution in [-0.2, 0) is 22.4 Å². The fraction of sp³-hybridized carbons (Fsp3) is 0.276. The summed E-state index contributed by atoms with van der Waals surface area (Å²) in [6.45, 7) is 1.78. The van der Waals surface area contributed by atoms with Crippen molar-refractivity contribution in [3.63, 3.8) is 0 Å². The summed E-state index contributed by atoms with van der Waals surface area (Å²) in [5.41, 5.74) is 4.66. The molecule has 0 saturated heterocycles. The fourth-order valence-electron chi connectivity index (χ4n) is 4.42. The third-order valence-electron chi connectivity index (χ3n) is 6.04. The second kappa shape index (κ2) is 11.0. The third-order valence-corrected chi connectivity index (χ3v) is 6.04. The molecule has 3 aromatic rings. The van der Waals surface area contributed by atoms with Gasteiger partial charge in [0.05, 0.1) is 6.10 Å². The van der Waals surface area contributed by atoms with Crippen molar-refractivity contribution >= 4 is 5.97 Å². The molecule has 4 heteroatoms. The number of carboxylic acid groups (broad SMARTS) is 1. The van der Waals surface area contributed by atoms with Crippen molar-refractivity contribution < 1.29 is 19.4 Å². The highest BCUT2D eigenvalue weighted by Gasteiger charge is 2.21. The molecule has 0 spiro atoms. The third kappa shape index (κ3) is 6.11. The number of aliphatic carboxylic acids is 1. The van der Waals surface area contributed by atoms with Crippen LogP contribution in [0.5, 0.6) is 5.75 Å². The lowest BCUT2D eigenvalue weighted by Gasteiger charge is -2.25. The summed E-state index contributed by atoms with van der Waals surface area (Å²) in [4.78, 5) is 10.9. The van der Waals surface area contributed by atoms with Gasteiger partial charge in [0.2, 0.25) is 0 Å². The normalized spacial score (nSPS) is 16.5. The molecule has 2 unspecified atom stereocenters. The van der Waals surface area contributed by atoms with Gasteiger partial charge in [-0.15, -0.1) is 0 Å². The van der Waals surface area contributed by atoms with Crippen LogP contribution in [0.25, 0.3) is 0 Å². The summed E-state index contributed by atoms with van der Waals surface area (Å²) in [5, 5.41) is 8.90. The monoisotopic (exact) mass is 442 g/mol. The van der Waals surface area contributed by atoms with E-state index in [1.807, 2.05) is 48.5 Å². The highest BCUT2D eigenvalue weighted by molar-refractivity contribution is 5.68. The van der Waals surface area contributed by atoms with Crippen molar-refractivity contribution in [2.75, 3.05) is 6.61 Å². The standard InChI is InChI=1S/C29H30O4/c1-21(33-29(23-9-4-2-5-10-23)24-11-6-3-7-12-24)15-16-22-17-18-26-25(19-22)13-8-14-27(26)32-20-28(30)31/h2-16,21-22,29H,17-20H2,1H3,(H,30,31). The van der Waals surface area contributed by atoms with Crippen molar-refractivity contribution in [1.82, 2.24) is 0 Å². The SMILES string of the molecule is CC(C=CC1CCc2c(cccc2OCC(=O)O)C1)OC(c1ccccc1)c1ccccc1. The van der Waals surface area contributed by atoms with Crippen LogP contribution in [0, 0.1) is 5.92 Å². The van der Waals surface area contributed by atoms with E-state index >= 15 is 0 Å². The van der Waals surface area contributed by atoms with Crippen LogP contribution in [0.15, 0.2) is 91.0 Å². The van der Waals surface area contributed by atoms with E-state index < -0.39 is 5.97 Å². The molecule has 2 atom stereocenters. The lowest BCUT2D eigenvalue weighted by atomic mass is 9.83. The van der Waals surface area contributed by atoms with Crippen LogP contribution in [0.4, 0.5) is 0 Å². The van der Waals surface area contributed by atoms with Gasteiger partial charge in [-0.3, -0.25) is 0 Å². The van der Waals surface area contributed by atoms with E-state index in [0.29, 0.717) is 11.7 Å². The first-order valence-corrected chi connectivity index (χ1v) is 11.5. The van der Waals surface area contributed by atoms with E-state index in [0.717, 1.165) is 36.0 Å². The summed E-state index contributed by atoms with van der Waals surface area (Å²) >= 11 is 0. The summed E-state index contributed by atoms with van der Waals surface area (Å²) in [7, 11) is 0. The lowest BCUT2D eigenvalue weighted by Crippen LogP contribution is -2.17. The largest absolute Gasteiger partial charge is 0.482 e. The van der Waals surface area contributed by atoms with E-state index in [4.69, 9.17) is 14.6 Å². The molecule has 170 valence electrons. The predicted molar refractivity (Wildman–Crippen MR) is 130 cm³/mol. The molecule has 0 bridgehead atoms. The van der Waals surface area contributed by atoms with Crippen molar-refractivity contribution in [2.24, 2.45) is 5.92 Å². The number of hydrogen-bond acceptors (Lipinski definition) is 3. The molecule has 33 heavy (non-hydrogen) atoms. The maximum atomic E-state index is 10.9. The smallest absolute Gasteiger partial charge is 0.341 e. The number of ether oxygens (including phenoxy) is 2. The Bertz CT molecular complexity index is 1040. The average Bonchev–Trinajstić information content (AvgIpc) is 2.85. The number of benzene rings is 3. The quantitative estimate of drug-likeness (QED) is 0.413. The minimum Gasteiger partial charge on any atom is -0.482 e. The molecule has 1 N–H and O–H groups in total. The molecule has 0 heterocycles. The van der Waals surface area contributed by atoms with Crippen LogP contribution in [0.1, 0.15) is 41.7 Å². The number of hydrogen-bond donors (Lipinski definition) is 1. The van der Waals surface area contributed by atoms with Crippen molar-refractivity contribution in [3.8, 4) is 5.75 Å². The predicted octanol–water partition coefficient (Wildman–Crippen LogP) is 6.01. The minimum atomic E-state index is -0.956. The number of rotatable bonds is 9. The molecule has 0 amide bonds. The highest BCUT2D eigenvalue weighted by Crippen LogP contribution is 2.33. The van der Waals surface area contributed by atoms with Gasteiger partial charge in [-0.1, -0.05) is 84.9 Å². The first-order chi connectivity index (χ1) is 16.1. The number of fused-ring (bicyclic) bond motifs is 1. The highest BCUT2D eigenvalue weighted by atomic mass is 16.5. The zero-order valence-electron chi connectivity index (χ0n) is 18.9. The topological polar surface area (TPSA) is 55.8 Å². The Morgan fingerprint density at radius 2 is 1.67 bits per heavy atom. The van der Waals surface area contributed by atoms with Crippen LogP contribution in [0.2, 0.25) is 0 Å². The summed E-state index contributed by atoms with van der Waals surface area (Å²) in [5.74, 6) is 0.162. The van der Waals surface area contributed by atoms with Gasteiger partial charge in [0.15, 0.2) is 6.61 Å². The molecular formula is C29H30O4. The molecule has 4 rings (SSSR count). The maximum Gasteiger partial charge on any atom is 0.341 e. The number of allylic oxidation sites excluding steroid dienone is 1. The summed E-state index contributed by atoms with van der Waals surface area (Å²) in [6.07, 6.45) is 7.08. The average molecular weight is 443 g/mol. The lowest BCUT2D eigenvalue weighted by molar-refractivity contribution is -0.139. The van der Waals surface area contributed by atoms with E-state index in [2.05, 4.69) is 49.4 Å². The van der Waals surface area contributed by atoms with Gasteiger partial charge in [0.1, 0.15) is 11.9 Å². The first kappa shape index (κ1) is 22.8. The van der Waals surface area contributed by atoms with Crippen LogP contribution < -0.4 is 4.74 Å². The van der Waals surface area contributed by atoms with Gasteiger partial charge >= 0.3 is 5.97 Å². The van der Waals surface area contributed by atoms with E-state index in [9.17, 15) is 4.79 Å². The van der Waals surface area contributed by atoms with Gasteiger partial charge in [0.25, 0.3) is 0 Å². The Hall–Kier alpha value is -3.37. The molecule has 0 saturated carbocycles. The Kier molecular flexibility index (Phi) is 7.59. The summed E-state index contributed by atoms with van der Waals surface area (Å²) < 4.78 is 12.0. The molecule has 0 aliphatic heterocycles. The Labute approximate surface area is 195 Å². The molecular weight excluding hydrogens is 412 g/mol. The van der Waals surface area contributed by atoms with Gasteiger partial charge in [-0.25, -0.2) is 4.79 Å². The molecule has 4 nitrogen and oxygen atoms in total. The second-order valence-corrected chi connectivity index (χ2v) is 8.51. The molecule has 0 aromatic heterocycles. The minimum absolute atomic E-state index is 0.0398. The van der Waals surface area contributed by atoms with Gasteiger partial charge < -0.3 is 14.6 Å². The molecule has 3 aromatic carbocycles. The Balaban J connectivity index is 1.42. The first-order valence-electron chi connectivity index (χ1n) is 11.5. The van der Waals surface area contributed by atoms with Crippen LogP contribution >= 0.6 is 0 Å². The molecule has 0 fully saturated rings. The number of carboxylic acids is 1. The van der Waals surface area contributed by atoms with Gasteiger partial charge in [-0.05, 0) is 60.4 Å². The van der Waals surface area contributed by atoms with Crippen molar-refractivity contribution in [2.45, 2.75) is 38.4 Å². The van der Waals surface area contributed by atoms with Gasteiger partial charge in [0, 0.05) is 0 Å². The van der Waals surface area contributed by atoms with Gasteiger partial charge in [-0.2, -0.15) is 0 Å². The van der Waals surface area contributed by atoms with E-state index in [1.165, 1.54) is 5.56 Å². The molecule has 0 radical (unpaired) electrons. The molecule has 1 aliphatic carbocycles. The Morgan fingerprint density at radius 1 is 1.00 bits per heavy atom. The second-order valence-electron chi connectivity index (χ2n) is 8.51. The maximum absolute atomic E-state index is 10.9. The Morgan fingerprint density at radius 3 is 2.30 bits per heavy atom. The zero-order valence-corrected chi connectivity index (χ0v) is 18.9. The fourth-order valence-corrected chi connectivity index (χ4v) is 4.42. The summed E-state index contributed by atoms with van der Waals surface area (Å²) in [6, 6.07) is 26.6. The van der Waals surface area contributed by atoms with Crippen molar-refractivity contribution in [1.29, 1.82) is 0 Å². The number of carbonyl (C=O) groups is 1. The zero-order chi connectivity index (χ0) is 23.0. The van der Waals surface area contributed by atoms with Crippen LogP contribution in [-0.4, -0.2) is 23.8 Å². The van der Waals surface area contributed by atoms with Crippen LogP contribution in [0.3, 0.4) is 0 Å². The molecule has 1 aliphatic rings. The van der Waals surface area contributed by atoms with Crippen molar-refractivity contribution in [3.05, 3.63) is 113 Å².